The predicted molar refractivity (Wildman–Crippen MR) is 111 cm³/mol. The number of aliphatic imine (C=N–C) groups is 1. The molecule has 0 aliphatic rings. The van der Waals surface area contributed by atoms with Crippen molar-refractivity contribution < 1.29 is 9.15 Å². The fraction of sp³-hybridized carbons (Fsp3) is 0.273. The van der Waals surface area contributed by atoms with Crippen molar-refractivity contribution >= 4 is 5.96 Å². The first kappa shape index (κ1) is 19.5. The molecule has 28 heavy (non-hydrogen) atoms. The first-order valence-corrected chi connectivity index (χ1v) is 9.31. The minimum absolute atomic E-state index is 0.00106. The number of benzene rings is 2. The van der Waals surface area contributed by atoms with Gasteiger partial charge in [0.15, 0.2) is 5.96 Å². The Labute approximate surface area is 165 Å². The highest BCUT2D eigenvalue weighted by Gasteiger charge is 2.09. The monoisotopic (exact) mass is 378 g/mol. The lowest BCUT2D eigenvalue weighted by molar-refractivity contribution is 0.224. The van der Waals surface area contributed by atoms with Gasteiger partial charge >= 0.3 is 0 Å². The van der Waals surface area contributed by atoms with Crippen molar-refractivity contribution in [2.24, 2.45) is 4.99 Å². The van der Waals surface area contributed by atoms with E-state index in [4.69, 9.17) is 9.15 Å². The summed E-state index contributed by atoms with van der Waals surface area (Å²) < 4.78 is 11.4. The lowest BCUT2D eigenvalue weighted by Gasteiger charge is -2.17. The largest absolute Gasteiger partial charge is 0.489 e. The van der Waals surface area contributed by atoms with Crippen molar-refractivity contribution in [2.75, 3.05) is 13.6 Å². The average molecular weight is 378 g/mol. The lowest BCUT2D eigenvalue weighted by atomic mass is 10.1. The van der Waals surface area contributed by atoms with Crippen molar-refractivity contribution in [3.63, 3.8) is 0 Å². The minimum Gasteiger partial charge on any atom is -0.489 e. The number of aryl methyl sites for hydroxylation is 1. The molecular formula is C22H26N4O2. The first-order valence-electron chi connectivity index (χ1n) is 9.31. The average Bonchev–Trinajstić information content (AvgIpc) is 3.18. The number of hydrogen-bond donors (Lipinski definition) is 2. The van der Waals surface area contributed by atoms with Crippen LogP contribution in [0, 0.1) is 6.92 Å². The molecule has 0 radical (unpaired) electrons. The molecule has 0 saturated heterocycles. The van der Waals surface area contributed by atoms with Gasteiger partial charge in [-0.1, -0.05) is 35.9 Å². The third-order valence-corrected chi connectivity index (χ3v) is 4.15. The van der Waals surface area contributed by atoms with Gasteiger partial charge in [-0.2, -0.15) is 0 Å². The Morgan fingerprint density at radius 2 is 1.86 bits per heavy atom. The second-order valence-corrected chi connectivity index (χ2v) is 6.56. The van der Waals surface area contributed by atoms with Gasteiger partial charge in [0.25, 0.3) is 0 Å². The van der Waals surface area contributed by atoms with Gasteiger partial charge in [0.2, 0.25) is 5.89 Å². The Balaban J connectivity index is 1.47. The van der Waals surface area contributed by atoms with Crippen LogP contribution in [0.25, 0.3) is 11.5 Å². The SMILES string of the molecule is CN=C(NCc1coc(-c2ccc(C)cc2)n1)NCC(C)Oc1ccccc1. The summed E-state index contributed by atoms with van der Waals surface area (Å²) >= 11 is 0. The Hall–Kier alpha value is -3.28. The fourth-order valence-corrected chi connectivity index (χ4v) is 2.63. The van der Waals surface area contributed by atoms with E-state index in [1.807, 2.05) is 61.5 Å². The van der Waals surface area contributed by atoms with Crippen molar-refractivity contribution in [3.8, 4) is 17.2 Å². The number of nitrogens with one attached hydrogen (secondary N) is 2. The zero-order valence-electron chi connectivity index (χ0n) is 16.5. The maximum atomic E-state index is 5.86. The Morgan fingerprint density at radius 3 is 2.57 bits per heavy atom. The summed E-state index contributed by atoms with van der Waals surface area (Å²) in [6.45, 7) is 5.21. The number of nitrogens with zero attached hydrogens (tertiary/aromatic N) is 2. The molecular weight excluding hydrogens is 352 g/mol. The topological polar surface area (TPSA) is 71.7 Å². The summed E-state index contributed by atoms with van der Waals surface area (Å²) in [7, 11) is 1.73. The number of aromatic nitrogens is 1. The van der Waals surface area contributed by atoms with Crippen LogP contribution < -0.4 is 15.4 Å². The van der Waals surface area contributed by atoms with Gasteiger partial charge in [0, 0.05) is 12.6 Å². The van der Waals surface area contributed by atoms with E-state index < -0.39 is 0 Å². The molecule has 0 fully saturated rings. The maximum absolute atomic E-state index is 5.86. The first-order chi connectivity index (χ1) is 13.6. The molecule has 146 valence electrons. The number of oxazole rings is 1. The summed E-state index contributed by atoms with van der Waals surface area (Å²) in [6.07, 6.45) is 1.66. The summed E-state index contributed by atoms with van der Waals surface area (Å²) in [4.78, 5) is 8.77. The van der Waals surface area contributed by atoms with Gasteiger partial charge in [-0.25, -0.2) is 4.98 Å². The smallest absolute Gasteiger partial charge is 0.226 e. The van der Waals surface area contributed by atoms with Crippen LogP contribution in [-0.2, 0) is 6.54 Å². The molecule has 1 heterocycles. The van der Waals surface area contributed by atoms with E-state index >= 15 is 0 Å². The molecule has 0 bridgehead atoms. The molecule has 0 amide bonds. The number of para-hydroxylation sites is 1. The van der Waals surface area contributed by atoms with Crippen LogP contribution in [0.1, 0.15) is 18.2 Å². The lowest BCUT2D eigenvalue weighted by Crippen LogP contribution is -2.41. The molecule has 3 aromatic rings. The van der Waals surface area contributed by atoms with E-state index in [1.165, 1.54) is 5.56 Å². The van der Waals surface area contributed by atoms with Gasteiger partial charge in [0.05, 0.1) is 18.8 Å². The third kappa shape index (κ3) is 5.61. The van der Waals surface area contributed by atoms with Crippen LogP contribution in [-0.4, -0.2) is 30.6 Å². The Morgan fingerprint density at radius 1 is 1.11 bits per heavy atom. The maximum Gasteiger partial charge on any atom is 0.226 e. The molecule has 2 aromatic carbocycles. The molecule has 0 saturated carbocycles. The van der Waals surface area contributed by atoms with Crippen LogP contribution in [0.2, 0.25) is 0 Å². The molecule has 0 aliphatic carbocycles. The van der Waals surface area contributed by atoms with E-state index in [0.717, 1.165) is 17.0 Å². The molecule has 1 atom stereocenters. The van der Waals surface area contributed by atoms with Crippen LogP contribution in [0.5, 0.6) is 5.75 Å². The standard InChI is InChI=1S/C22H26N4O2/c1-16-9-11-18(12-10-16)21-26-19(15-27-21)14-25-22(23-3)24-13-17(2)28-20-7-5-4-6-8-20/h4-12,15,17H,13-14H2,1-3H3,(H2,23,24,25). The molecule has 0 spiro atoms. The van der Waals surface area contributed by atoms with Crippen molar-refractivity contribution in [1.29, 1.82) is 0 Å². The second-order valence-electron chi connectivity index (χ2n) is 6.56. The van der Waals surface area contributed by atoms with Crippen LogP contribution in [0.4, 0.5) is 0 Å². The van der Waals surface area contributed by atoms with Gasteiger partial charge < -0.3 is 19.8 Å². The van der Waals surface area contributed by atoms with Crippen LogP contribution in [0.3, 0.4) is 0 Å². The zero-order valence-corrected chi connectivity index (χ0v) is 16.5. The number of rotatable bonds is 7. The number of hydrogen-bond acceptors (Lipinski definition) is 4. The van der Waals surface area contributed by atoms with Crippen molar-refractivity contribution in [1.82, 2.24) is 15.6 Å². The molecule has 2 N–H and O–H groups in total. The molecule has 3 rings (SSSR count). The summed E-state index contributed by atoms with van der Waals surface area (Å²) in [5, 5.41) is 6.50. The van der Waals surface area contributed by atoms with Crippen molar-refractivity contribution in [3.05, 3.63) is 72.1 Å². The van der Waals surface area contributed by atoms with Crippen LogP contribution in [0.15, 0.2) is 70.3 Å². The Kier molecular flexibility index (Phi) is 6.68. The highest BCUT2D eigenvalue weighted by Crippen LogP contribution is 2.19. The van der Waals surface area contributed by atoms with E-state index in [1.54, 1.807) is 13.3 Å². The normalized spacial score (nSPS) is 12.5. The molecule has 1 unspecified atom stereocenters. The summed E-state index contributed by atoms with van der Waals surface area (Å²) in [6, 6.07) is 17.9. The van der Waals surface area contributed by atoms with E-state index in [-0.39, 0.29) is 6.10 Å². The summed E-state index contributed by atoms with van der Waals surface area (Å²) in [5.41, 5.74) is 2.98. The van der Waals surface area contributed by atoms with E-state index in [2.05, 4.69) is 27.5 Å². The molecule has 6 nitrogen and oxygen atoms in total. The summed E-state index contributed by atoms with van der Waals surface area (Å²) in [5.74, 6) is 2.15. The van der Waals surface area contributed by atoms with Crippen LogP contribution >= 0.6 is 0 Å². The quantitative estimate of drug-likeness (QED) is 0.484. The minimum atomic E-state index is 0.00106. The van der Waals surface area contributed by atoms with E-state index in [0.29, 0.717) is 24.9 Å². The van der Waals surface area contributed by atoms with Gasteiger partial charge in [-0.15, -0.1) is 0 Å². The van der Waals surface area contributed by atoms with Crippen molar-refractivity contribution in [2.45, 2.75) is 26.5 Å². The number of guanidine groups is 1. The van der Waals surface area contributed by atoms with Gasteiger partial charge in [-0.3, -0.25) is 4.99 Å². The second kappa shape index (κ2) is 9.60. The highest BCUT2D eigenvalue weighted by molar-refractivity contribution is 5.79. The Bertz CT molecular complexity index is 888. The van der Waals surface area contributed by atoms with Gasteiger partial charge in [0.1, 0.15) is 18.1 Å². The van der Waals surface area contributed by atoms with E-state index in [9.17, 15) is 0 Å². The molecule has 1 aromatic heterocycles. The zero-order chi connectivity index (χ0) is 19.8. The number of ether oxygens (including phenoxy) is 1. The molecule has 6 heteroatoms. The molecule has 0 aliphatic heterocycles. The fourth-order valence-electron chi connectivity index (χ4n) is 2.63. The predicted octanol–water partition coefficient (Wildman–Crippen LogP) is 3.78. The third-order valence-electron chi connectivity index (χ3n) is 4.15. The van der Waals surface area contributed by atoms with Gasteiger partial charge in [-0.05, 0) is 38.1 Å². The highest BCUT2D eigenvalue weighted by atomic mass is 16.5.